The average molecular weight is 431 g/mol. The first kappa shape index (κ1) is 27.8. The largest absolute Gasteiger partial charge is 0.300 e. The molecule has 1 N–H and O–H groups in total. The highest BCUT2D eigenvalue weighted by molar-refractivity contribution is 7.59. The van der Waals surface area contributed by atoms with Crippen molar-refractivity contribution in [3.63, 3.8) is 0 Å². The normalized spacial score (nSPS) is 13.3. The number of carbonyl (C=O) groups excluding carboxylic acids is 4. The van der Waals surface area contributed by atoms with Gasteiger partial charge in [-0.1, -0.05) is 27.7 Å². The average Bonchev–Trinajstić information content (AvgIpc) is 2.70. The zero-order valence-electron chi connectivity index (χ0n) is 18.6. The Bertz CT molecular complexity index is 546. The SMILES string of the molecule is CCCC(=O)CCP(=O)(NCC(=O)CCC)N(CCC(=O)CC)CCC(=O)CC. The first-order valence-electron chi connectivity index (χ1n) is 10.9. The van der Waals surface area contributed by atoms with Gasteiger partial charge in [0.2, 0.25) is 7.44 Å². The summed E-state index contributed by atoms with van der Waals surface area (Å²) in [6, 6.07) is 0. The second-order valence-corrected chi connectivity index (χ2v) is 10.1. The van der Waals surface area contributed by atoms with Crippen LogP contribution in [0.25, 0.3) is 0 Å². The van der Waals surface area contributed by atoms with Gasteiger partial charge in [0.1, 0.15) is 23.1 Å². The number of nitrogens with one attached hydrogen (secondary N) is 1. The minimum Gasteiger partial charge on any atom is -0.300 e. The van der Waals surface area contributed by atoms with Gasteiger partial charge in [-0.05, 0) is 12.8 Å². The molecule has 168 valence electrons. The molecule has 7 nitrogen and oxygen atoms in total. The summed E-state index contributed by atoms with van der Waals surface area (Å²) in [4.78, 5) is 47.7. The maximum absolute atomic E-state index is 13.8. The molecule has 0 aromatic heterocycles. The summed E-state index contributed by atoms with van der Waals surface area (Å²) in [5, 5.41) is 2.92. The molecule has 0 saturated heterocycles. The molecule has 0 aliphatic carbocycles. The van der Waals surface area contributed by atoms with Crippen LogP contribution >= 0.6 is 7.44 Å². The second kappa shape index (κ2) is 15.6. The van der Waals surface area contributed by atoms with Crippen molar-refractivity contribution in [3.05, 3.63) is 0 Å². The van der Waals surface area contributed by atoms with Crippen molar-refractivity contribution >= 4 is 30.6 Å². The minimum absolute atomic E-state index is 0.0311. The van der Waals surface area contributed by atoms with Crippen molar-refractivity contribution in [2.45, 2.75) is 85.5 Å². The van der Waals surface area contributed by atoms with Crippen molar-refractivity contribution in [1.82, 2.24) is 9.76 Å². The quantitative estimate of drug-likeness (QED) is 0.310. The number of Topliss-reactive ketones (excluding diaryl/α,β-unsaturated/α-hetero) is 4. The van der Waals surface area contributed by atoms with Crippen LogP contribution in [-0.2, 0) is 23.7 Å². The first-order valence-corrected chi connectivity index (χ1v) is 12.7. The molecule has 0 bridgehead atoms. The Hall–Kier alpha value is -1.17. The Morgan fingerprint density at radius 3 is 1.62 bits per heavy atom. The van der Waals surface area contributed by atoms with E-state index in [1.165, 1.54) is 0 Å². The first-order chi connectivity index (χ1) is 13.7. The van der Waals surface area contributed by atoms with Crippen LogP contribution in [0.2, 0.25) is 0 Å². The van der Waals surface area contributed by atoms with Crippen molar-refractivity contribution in [2.24, 2.45) is 0 Å². The van der Waals surface area contributed by atoms with Gasteiger partial charge in [-0.15, -0.1) is 0 Å². The van der Waals surface area contributed by atoms with E-state index in [4.69, 9.17) is 0 Å². The second-order valence-electron chi connectivity index (χ2n) is 7.33. The Labute approximate surface area is 175 Å². The fourth-order valence-corrected chi connectivity index (χ4v) is 5.34. The van der Waals surface area contributed by atoms with E-state index >= 15 is 0 Å². The van der Waals surface area contributed by atoms with E-state index in [0.717, 1.165) is 6.42 Å². The molecule has 0 amide bonds. The zero-order valence-corrected chi connectivity index (χ0v) is 19.5. The van der Waals surface area contributed by atoms with Gasteiger partial charge in [0, 0.05) is 64.2 Å². The Kier molecular flexibility index (Phi) is 15.0. The molecule has 0 aliphatic rings. The molecule has 0 aromatic carbocycles. The maximum atomic E-state index is 13.8. The summed E-state index contributed by atoms with van der Waals surface area (Å²) in [5.41, 5.74) is 0. The van der Waals surface area contributed by atoms with Gasteiger partial charge in [-0.2, -0.15) is 0 Å². The lowest BCUT2D eigenvalue weighted by atomic mass is 10.2. The van der Waals surface area contributed by atoms with E-state index in [2.05, 4.69) is 5.09 Å². The fourth-order valence-electron chi connectivity index (χ4n) is 2.88. The molecule has 0 aliphatic heterocycles. The van der Waals surface area contributed by atoms with Gasteiger partial charge >= 0.3 is 0 Å². The molecule has 0 fully saturated rings. The molecule has 0 rings (SSSR count). The van der Waals surface area contributed by atoms with Crippen molar-refractivity contribution in [1.29, 1.82) is 0 Å². The Morgan fingerprint density at radius 1 is 0.690 bits per heavy atom. The lowest BCUT2D eigenvalue weighted by molar-refractivity contribution is -0.120. The van der Waals surface area contributed by atoms with Gasteiger partial charge in [-0.3, -0.25) is 23.7 Å². The van der Waals surface area contributed by atoms with E-state index in [9.17, 15) is 23.7 Å². The summed E-state index contributed by atoms with van der Waals surface area (Å²) >= 11 is 0. The number of nitrogens with zero attached hydrogens (tertiary/aromatic N) is 1. The number of rotatable bonds is 19. The Balaban J connectivity index is 5.45. The third kappa shape index (κ3) is 12.2. The molecular formula is C21H39N2O5P. The van der Waals surface area contributed by atoms with Crippen molar-refractivity contribution in [2.75, 3.05) is 25.8 Å². The van der Waals surface area contributed by atoms with E-state index in [1.54, 1.807) is 18.5 Å². The highest BCUT2D eigenvalue weighted by Crippen LogP contribution is 2.46. The van der Waals surface area contributed by atoms with Crippen LogP contribution < -0.4 is 5.09 Å². The number of hydrogen-bond donors (Lipinski definition) is 1. The maximum Gasteiger partial charge on any atom is 0.214 e. The summed E-state index contributed by atoms with van der Waals surface area (Å²) in [6.07, 6.45) is 3.76. The molecule has 0 spiro atoms. The molecule has 1 atom stereocenters. The zero-order chi connectivity index (χ0) is 22.3. The third-order valence-electron chi connectivity index (χ3n) is 4.82. The summed E-state index contributed by atoms with van der Waals surface area (Å²) in [6.45, 7) is 7.83. The third-order valence-corrected chi connectivity index (χ3v) is 7.61. The van der Waals surface area contributed by atoms with Crippen LogP contribution in [-0.4, -0.2) is 53.6 Å². The van der Waals surface area contributed by atoms with Crippen molar-refractivity contribution in [3.8, 4) is 0 Å². The van der Waals surface area contributed by atoms with Crippen molar-refractivity contribution < 1.29 is 23.7 Å². The van der Waals surface area contributed by atoms with Gasteiger partial charge in [0.15, 0.2) is 0 Å². The standard InChI is InChI=1S/C21H39N2O5P/c1-5-9-20(26)13-16-29(28,22-17-21(27)10-6-2)23(14-11-18(24)7-3)15-12-19(25)8-4/h5-17H2,1-4H3,(H,22,28). The minimum atomic E-state index is -3.28. The number of carbonyl (C=O) groups is 4. The predicted molar refractivity (Wildman–Crippen MR) is 116 cm³/mol. The molecule has 0 saturated carbocycles. The number of hydrogen-bond acceptors (Lipinski definition) is 5. The molecule has 0 heterocycles. The van der Waals surface area contributed by atoms with E-state index in [-0.39, 0.29) is 68.2 Å². The smallest absolute Gasteiger partial charge is 0.214 e. The van der Waals surface area contributed by atoms with Gasteiger partial charge in [-0.25, -0.2) is 9.76 Å². The highest BCUT2D eigenvalue weighted by atomic mass is 31.2. The predicted octanol–water partition coefficient (Wildman–Crippen LogP) is 3.94. The topological polar surface area (TPSA) is 101 Å². The molecule has 1 unspecified atom stereocenters. The highest BCUT2D eigenvalue weighted by Gasteiger charge is 2.31. The van der Waals surface area contributed by atoms with Crippen LogP contribution in [0.5, 0.6) is 0 Å². The summed E-state index contributed by atoms with van der Waals surface area (Å²) in [7, 11) is -3.28. The lowest BCUT2D eigenvalue weighted by Crippen LogP contribution is -2.35. The summed E-state index contributed by atoms with van der Waals surface area (Å²) < 4.78 is 15.5. The van der Waals surface area contributed by atoms with Crippen LogP contribution in [0.3, 0.4) is 0 Å². The van der Waals surface area contributed by atoms with E-state index < -0.39 is 7.44 Å². The van der Waals surface area contributed by atoms with Gasteiger partial charge in [0.25, 0.3) is 0 Å². The molecular weight excluding hydrogens is 391 g/mol. The molecule has 29 heavy (non-hydrogen) atoms. The summed E-state index contributed by atoms with van der Waals surface area (Å²) in [5.74, 6) is 0.0884. The van der Waals surface area contributed by atoms with Gasteiger partial charge in [0.05, 0.1) is 6.54 Å². The van der Waals surface area contributed by atoms with E-state index in [0.29, 0.717) is 32.1 Å². The van der Waals surface area contributed by atoms with Crippen LogP contribution in [0, 0.1) is 0 Å². The van der Waals surface area contributed by atoms with Crippen LogP contribution in [0.1, 0.15) is 85.5 Å². The van der Waals surface area contributed by atoms with Gasteiger partial charge < -0.3 is 0 Å². The van der Waals surface area contributed by atoms with Crippen LogP contribution in [0.4, 0.5) is 0 Å². The van der Waals surface area contributed by atoms with E-state index in [1.807, 2.05) is 13.8 Å². The number of ketones is 4. The molecule has 0 aromatic rings. The van der Waals surface area contributed by atoms with Crippen LogP contribution in [0.15, 0.2) is 0 Å². The lowest BCUT2D eigenvalue weighted by Gasteiger charge is -2.32. The monoisotopic (exact) mass is 430 g/mol. The fraction of sp³-hybridized carbons (Fsp3) is 0.810. The molecule has 0 radical (unpaired) electrons. The molecule has 8 heteroatoms. The Morgan fingerprint density at radius 2 is 1.17 bits per heavy atom.